The zero-order valence-electron chi connectivity index (χ0n) is 16.4. The number of carbonyl (C=O) groups excluding carboxylic acids is 1. The molecule has 4 rings (SSSR count). The summed E-state index contributed by atoms with van der Waals surface area (Å²) in [5.41, 5.74) is 1.17. The summed E-state index contributed by atoms with van der Waals surface area (Å²) in [4.78, 5) is 15.0. The molecule has 0 radical (unpaired) electrons. The summed E-state index contributed by atoms with van der Waals surface area (Å²) in [5.74, 6) is 2.31. The van der Waals surface area contributed by atoms with Crippen molar-refractivity contribution < 1.29 is 13.9 Å². The Bertz CT molecular complexity index is 766. The van der Waals surface area contributed by atoms with Crippen LogP contribution in [0, 0.1) is 12.8 Å². The van der Waals surface area contributed by atoms with Gasteiger partial charge >= 0.3 is 6.03 Å². The van der Waals surface area contributed by atoms with Crippen LogP contribution in [-0.4, -0.2) is 43.8 Å². The van der Waals surface area contributed by atoms with E-state index in [1.165, 1.54) is 18.4 Å². The van der Waals surface area contributed by atoms with Gasteiger partial charge < -0.3 is 19.8 Å². The summed E-state index contributed by atoms with van der Waals surface area (Å²) >= 11 is 0. The highest BCUT2D eigenvalue weighted by molar-refractivity contribution is 5.74. The molecule has 1 saturated heterocycles. The third kappa shape index (κ3) is 4.75. The molecule has 150 valence electrons. The summed E-state index contributed by atoms with van der Waals surface area (Å²) in [6, 6.07) is 14.2. The summed E-state index contributed by atoms with van der Waals surface area (Å²) in [7, 11) is 0. The number of carbonyl (C=O) groups is 1. The average molecular weight is 383 g/mol. The number of furan rings is 1. The van der Waals surface area contributed by atoms with E-state index in [0.29, 0.717) is 25.7 Å². The summed E-state index contributed by atoms with van der Waals surface area (Å²) in [6.45, 7) is 5.54. The van der Waals surface area contributed by atoms with Crippen LogP contribution in [0.2, 0.25) is 0 Å². The number of hydrogen-bond acceptors (Lipinski definition) is 4. The highest BCUT2D eigenvalue weighted by atomic mass is 16.5. The molecule has 2 aliphatic rings. The fourth-order valence-electron chi connectivity index (χ4n) is 3.88. The van der Waals surface area contributed by atoms with Crippen molar-refractivity contribution in [3.63, 3.8) is 0 Å². The molecule has 0 bridgehead atoms. The fraction of sp³-hybridized carbons (Fsp3) is 0.500. The second-order valence-electron chi connectivity index (χ2n) is 7.69. The van der Waals surface area contributed by atoms with E-state index in [9.17, 15) is 4.79 Å². The minimum absolute atomic E-state index is 0.0134. The maximum Gasteiger partial charge on any atom is 0.315 e. The lowest BCUT2D eigenvalue weighted by molar-refractivity contribution is 0.0121. The molecule has 1 saturated carbocycles. The minimum atomic E-state index is -0.123. The van der Waals surface area contributed by atoms with Crippen LogP contribution in [0.1, 0.15) is 42.0 Å². The maximum atomic E-state index is 12.7. The fourth-order valence-corrected chi connectivity index (χ4v) is 3.88. The van der Waals surface area contributed by atoms with Gasteiger partial charge in [-0.1, -0.05) is 30.3 Å². The van der Waals surface area contributed by atoms with Gasteiger partial charge in [-0.05, 0) is 43.4 Å². The number of urea groups is 1. The number of rotatable bonds is 7. The Morgan fingerprint density at radius 1 is 1.14 bits per heavy atom. The van der Waals surface area contributed by atoms with Crippen LogP contribution in [0.15, 0.2) is 46.9 Å². The molecule has 2 fully saturated rings. The zero-order valence-corrected chi connectivity index (χ0v) is 16.4. The van der Waals surface area contributed by atoms with Crippen molar-refractivity contribution in [1.82, 2.24) is 15.5 Å². The first-order valence-electron chi connectivity index (χ1n) is 10.2. The maximum absolute atomic E-state index is 12.7. The molecule has 2 unspecified atom stereocenters. The quantitative estimate of drug-likeness (QED) is 0.769. The number of morpholine rings is 1. The number of aryl methyl sites for hydroxylation is 1. The van der Waals surface area contributed by atoms with Gasteiger partial charge in [-0.3, -0.25) is 4.90 Å². The van der Waals surface area contributed by atoms with Gasteiger partial charge in [0.2, 0.25) is 0 Å². The summed E-state index contributed by atoms with van der Waals surface area (Å²) in [5, 5.41) is 6.26. The SMILES string of the molecule is Cc1ccc(C(CNC(=O)NC(c2ccccc2)C2CC2)N2CCOCC2)o1. The first-order valence-corrected chi connectivity index (χ1v) is 10.2. The van der Waals surface area contributed by atoms with Gasteiger partial charge in [-0.25, -0.2) is 4.79 Å². The summed E-state index contributed by atoms with van der Waals surface area (Å²) in [6.07, 6.45) is 2.34. The number of nitrogens with one attached hydrogen (secondary N) is 2. The van der Waals surface area contributed by atoms with E-state index < -0.39 is 0 Å². The third-order valence-electron chi connectivity index (χ3n) is 5.57. The normalized spacial score (nSPS) is 19.8. The molecule has 1 aromatic heterocycles. The van der Waals surface area contributed by atoms with Crippen LogP contribution in [0.3, 0.4) is 0 Å². The predicted molar refractivity (Wildman–Crippen MR) is 107 cm³/mol. The van der Waals surface area contributed by atoms with Crippen molar-refractivity contribution >= 4 is 6.03 Å². The monoisotopic (exact) mass is 383 g/mol. The molecule has 1 aliphatic carbocycles. The van der Waals surface area contributed by atoms with E-state index in [0.717, 1.165) is 24.6 Å². The van der Waals surface area contributed by atoms with Gasteiger partial charge in [-0.15, -0.1) is 0 Å². The lowest BCUT2D eigenvalue weighted by Crippen LogP contribution is -2.46. The Morgan fingerprint density at radius 2 is 1.89 bits per heavy atom. The molecule has 6 nitrogen and oxygen atoms in total. The molecule has 1 aromatic carbocycles. The highest BCUT2D eigenvalue weighted by Crippen LogP contribution is 2.40. The predicted octanol–water partition coefficient (Wildman–Crippen LogP) is 3.41. The Kier molecular flexibility index (Phi) is 5.98. The first kappa shape index (κ1) is 19.0. The number of nitrogens with zero attached hydrogens (tertiary/aromatic N) is 1. The standard InChI is InChI=1S/C22H29N3O3/c1-16-7-10-20(28-16)19(25-11-13-27-14-12-25)15-23-22(26)24-21(18-8-9-18)17-5-3-2-4-6-17/h2-7,10,18-19,21H,8-9,11-15H2,1H3,(H2,23,24,26). The van der Waals surface area contributed by atoms with E-state index >= 15 is 0 Å². The molecule has 2 aromatic rings. The Morgan fingerprint density at radius 3 is 2.54 bits per heavy atom. The molecule has 2 atom stereocenters. The third-order valence-corrected chi connectivity index (χ3v) is 5.57. The first-order chi connectivity index (χ1) is 13.7. The summed E-state index contributed by atoms with van der Waals surface area (Å²) < 4.78 is 11.4. The van der Waals surface area contributed by atoms with Crippen LogP contribution in [0.5, 0.6) is 0 Å². The van der Waals surface area contributed by atoms with Gasteiger partial charge in [0.1, 0.15) is 11.5 Å². The molecule has 2 N–H and O–H groups in total. The molecule has 6 heteroatoms. The van der Waals surface area contributed by atoms with Gasteiger partial charge in [-0.2, -0.15) is 0 Å². The number of amides is 2. The lowest BCUT2D eigenvalue weighted by atomic mass is 10.0. The van der Waals surface area contributed by atoms with Crippen LogP contribution in [0.25, 0.3) is 0 Å². The van der Waals surface area contributed by atoms with Crippen molar-refractivity contribution in [2.45, 2.75) is 31.8 Å². The average Bonchev–Trinajstić information content (AvgIpc) is 3.48. The molecule has 2 amide bonds. The van der Waals surface area contributed by atoms with Crippen molar-refractivity contribution in [3.05, 3.63) is 59.5 Å². The molecule has 0 spiro atoms. The van der Waals surface area contributed by atoms with E-state index in [1.807, 2.05) is 37.3 Å². The second kappa shape index (κ2) is 8.80. The minimum Gasteiger partial charge on any atom is -0.465 e. The van der Waals surface area contributed by atoms with Gasteiger partial charge in [0.15, 0.2) is 0 Å². The lowest BCUT2D eigenvalue weighted by Gasteiger charge is -2.33. The molecular formula is C22H29N3O3. The topological polar surface area (TPSA) is 66.7 Å². The highest BCUT2D eigenvalue weighted by Gasteiger charge is 2.33. The van der Waals surface area contributed by atoms with Crippen LogP contribution in [0.4, 0.5) is 4.79 Å². The largest absolute Gasteiger partial charge is 0.465 e. The van der Waals surface area contributed by atoms with Crippen molar-refractivity contribution in [3.8, 4) is 0 Å². The van der Waals surface area contributed by atoms with Crippen LogP contribution in [-0.2, 0) is 4.74 Å². The Hall–Kier alpha value is -2.31. The smallest absolute Gasteiger partial charge is 0.315 e. The number of ether oxygens (including phenoxy) is 1. The van der Waals surface area contributed by atoms with E-state index in [4.69, 9.17) is 9.15 Å². The Balaban J connectivity index is 1.39. The molecule has 28 heavy (non-hydrogen) atoms. The van der Waals surface area contributed by atoms with Crippen molar-refractivity contribution in [2.75, 3.05) is 32.8 Å². The molecule has 1 aliphatic heterocycles. The van der Waals surface area contributed by atoms with Crippen LogP contribution < -0.4 is 10.6 Å². The van der Waals surface area contributed by atoms with Crippen LogP contribution >= 0.6 is 0 Å². The number of hydrogen-bond donors (Lipinski definition) is 2. The van der Waals surface area contributed by atoms with Gasteiger partial charge in [0.05, 0.1) is 25.3 Å². The second-order valence-corrected chi connectivity index (χ2v) is 7.69. The van der Waals surface area contributed by atoms with Gasteiger partial charge in [0.25, 0.3) is 0 Å². The Labute approximate surface area is 166 Å². The van der Waals surface area contributed by atoms with Crippen molar-refractivity contribution in [1.29, 1.82) is 0 Å². The molecular weight excluding hydrogens is 354 g/mol. The van der Waals surface area contributed by atoms with E-state index in [1.54, 1.807) is 0 Å². The van der Waals surface area contributed by atoms with E-state index in [2.05, 4.69) is 27.7 Å². The number of benzene rings is 1. The van der Waals surface area contributed by atoms with Gasteiger partial charge in [0, 0.05) is 19.6 Å². The molecule has 2 heterocycles. The van der Waals surface area contributed by atoms with E-state index in [-0.39, 0.29) is 18.1 Å². The van der Waals surface area contributed by atoms with Crippen molar-refractivity contribution in [2.24, 2.45) is 5.92 Å². The zero-order chi connectivity index (χ0) is 19.3.